The number of aromatic nitrogens is 3. The van der Waals surface area contributed by atoms with Crippen LogP contribution in [0, 0.1) is 24.6 Å². The van der Waals surface area contributed by atoms with E-state index in [2.05, 4.69) is 21.3 Å². The first kappa shape index (κ1) is 19.6. The topological polar surface area (TPSA) is 80.0 Å². The fourth-order valence-corrected chi connectivity index (χ4v) is 5.61. The summed E-state index contributed by atoms with van der Waals surface area (Å²) < 4.78 is 14.5. The molecule has 7 heteroatoms. The number of benzene rings is 1. The normalized spacial score (nSPS) is 22.9. The molecule has 1 aromatic carbocycles. The van der Waals surface area contributed by atoms with Gasteiger partial charge in [-0.15, -0.1) is 0 Å². The van der Waals surface area contributed by atoms with E-state index in [1.54, 1.807) is 12.1 Å². The van der Waals surface area contributed by atoms with Gasteiger partial charge in [-0.05, 0) is 60.1 Å². The van der Waals surface area contributed by atoms with Crippen LogP contribution in [0.1, 0.15) is 34.8 Å². The molecule has 3 N–H and O–H groups in total. The standard InChI is InChI=1S/C25H27FN6/c1-13-3-4-14(10-29-13)5-23-30-22-9-17-18(7-16(26)8-21(17)28-2)24(22)25(31-23)32-11-15-6-20(27)19(15)12-32/h3-4,7-8,10,15,19-20,28H,5-6,9,11-12,27H2,1-2H3. The molecule has 1 aliphatic heterocycles. The number of hydrogen-bond acceptors (Lipinski definition) is 6. The predicted molar refractivity (Wildman–Crippen MR) is 123 cm³/mol. The van der Waals surface area contributed by atoms with Crippen LogP contribution in [0.4, 0.5) is 15.9 Å². The van der Waals surface area contributed by atoms with Gasteiger partial charge in [0.2, 0.25) is 0 Å². The Morgan fingerprint density at radius 1 is 1.22 bits per heavy atom. The van der Waals surface area contributed by atoms with Crippen molar-refractivity contribution >= 4 is 11.5 Å². The number of halogens is 1. The molecular formula is C25H27FN6. The summed E-state index contributed by atoms with van der Waals surface area (Å²) in [6.45, 7) is 3.84. The number of pyridine rings is 1. The van der Waals surface area contributed by atoms with E-state index in [-0.39, 0.29) is 11.9 Å². The lowest BCUT2D eigenvalue weighted by Crippen LogP contribution is -2.46. The Bertz CT molecular complexity index is 1210. The summed E-state index contributed by atoms with van der Waals surface area (Å²) in [4.78, 5) is 16.8. The molecule has 2 fully saturated rings. The second kappa shape index (κ2) is 7.24. The molecule has 3 aromatic rings. The van der Waals surface area contributed by atoms with Gasteiger partial charge in [-0.2, -0.15) is 0 Å². The second-order valence-corrected chi connectivity index (χ2v) is 9.40. The van der Waals surface area contributed by atoms with Crippen LogP contribution in [-0.4, -0.2) is 41.1 Å². The number of fused-ring (bicyclic) bond motifs is 4. The third-order valence-corrected chi connectivity index (χ3v) is 7.36. The molecule has 3 atom stereocenters. The van der Waals surface area contributed by atoms with Crippen molar-refractivity contribution in [3.63, 3.8) is 0 Å². The smallest absolute Gasteiger partial charge is 0.140 e. The zero-order valence-electron chi connectivity index (χ0n) is 18.4. The van der Waals surface area contributed by atoms with Crippen molar-refractivity contribution in [1.82, 2.24) is 15.0 Å². The predicted octanol–water partition coefficient (Wildman–Crippen LogP) is 3.31. The van der Waals surface area contributed by atoms with E-state index >= 15 is 0 Å². The monoisotopic (exact) mass is 430 g/mol. The molecule has 32 heavy (non-hydrogen) atoms. The summed E-state index contributed by atoms with van der Waals surface area (Å²) in [6.07, 6.45) is 4.27. The minimum Gasteiger partial charge on any atom is -0.388 e. The summed E-state index contributed by atoms with van der Waals surface area (Å²) >= 11 is 0. The van der Waals surface area contributed by atoms with Crippen LogP contribution in [0.5, 0.6) is 0 Å². The van der Waals surface area contributed by atoms with Gasteiger partial charge in [-0.1, -0.05) is 6.07 Å². The molecule has 2 aromatic heterocycles. The Kier molecular flexibility index (Phi) is 4.43. The van der Waals surface area contributed by atoms with Crippen LogP contribution in [0.2, 0.25) is 0 Å². The molecule has 0 bridgehead atoms. The molecule has 6 nitrogen and oxygen atoms in total. The van der Waals surface area contributed by atoms with Gasteiger partial charge in [0.1, 0.15) is 17.5 Å². The van der Waals surface area contributed by atoms with Crippen molar-refractivity contribution < 1.29 is 4.39 Å². The lowest BCUT2D eigenvalue weighted by atomic mass is 9.72. The van der Waals surface area contributed by atoms with E-state index in [1.165, 1.54) is 0 Å². The average molecular weight is 431 g/mol. The zero-order chi connectivity index (χ0) is 22.0. The third-order valence-electron chi connectivity index (χ3n) is 7.36. The molecule has 164 valence electrons. The quantitative estimate of drug-likeness (QED) is 0.517. The fourth-order valence-electron chi connectivity index (χ4n) is 5.61. The van der Waals surface area contributed by atoms with Crippen LogP contribution in [0.15, 0.2) is 30.5 Å². The molecule has 1 saturated heterocycles. The van der Waals surface area contributed by atoms with Crippen molar-refractivity contribution in [3.8, 4) is 11.1 Å². The highest BCUT2D eigenvalue weighted by Crippen LogP contribution is 2.48. The van der Waals surface area contributed by atoms with Crippen LogP contribution >= 0.6 is 0 Å². The Labute approximate surface area is 187 Å². The van der Waals surface area contributed by atoms with E-state index in [0.29, 0.717) is 24.7 Å². The maximum Gasteiger partial charge on any atom is 0.140 e. The van der Waals surface area contributed by atoms with Gasteiger partial charge >= 0.3 is 0 Å². The highest BCUT2D eigenvalue weighted by Gasteiger charge is 2.46. The number of hydrogen-bond donors (Lipinski definition) is 2. The van der Waals surface area contributed by atoms with E-state index in [1.807, 2.05) is 26.2 Å². The van der Waals surface area contributed by atoms with E-state index in [0.717, 1.165) is 70.5 Å². The molecule has 2 aliphatic carbocycles. The number of rotatable bonds is 4. The van der Waals surface area contributed by atoms with E-state index < -0.39 is 0 Å². The lowest BCUT2D eigenvalue weighted by molar-refractivity contribution is 0.194. The number of aryl methyl sites for hydroxylation is 1. The maximum atomic E-state index is 14.5. The second-order valence-electron chi connectivity index (χ2n) is 9.40. The summed E-state index contributed by atoms with van der Waals surface area (Å²) in [5, 5.41) is 3.16. The minimum atomic E-state index is -0.245. The van der Waals surface area contributed by atoms with Gasteiger partial charge in [-0.25, -0.2) is 14.4 Å². The molecule has 0 radical (unpaired) electrons. The summed E-state index contributed by atoms with van der Waals surface area (Å²) in [7, 11) is 1.83. The summed E-state index contributed by atoms with van der Waals surface area (Å²) in [5.41, 5.74) is 13.1. The van der Waals surface area contributed by atoms with Crippen LogP contribution < -0.4 is 16.0 Å². The van der Waals surface area contributed by atoms with Gasteiger partial charge in [0.25, 0.3) is 0 Å². The molecule has 3 unspecified atom stereocenters. The Balaban J connectivity index is 1.46. The fraction of sp³-hybridized carbons (Fsp3) is 0.400. The van der Waals surface area contributed by atoms with Gasteiger partial charge in [0, 0.05) is 62.2 Å². The van der Waals surface area contributed by atoms with Crippen molar-refractivity contribution in [2.45, 2.75) is 32.2 Å². The van der Waals surface area contributed by atoms with E-state index in [9.17, 15) is 4.39 Å². The first-order chi connectivity index (χ1) is 15.5. The highest BCUT2D eigenvalue weighted by atomic mass is 19.1. The molecule has 0 amide bonds. The SMILES string of the molecule is CNc1cc(F)cc2c1Cc1nc(Cc3ccc(C)nc3)nc(N3CC4CC(N)C4C3)c1-2. The van der Waals surface area contributed by atoms with Gasteiger partial charge in [0.15, 0.2) is 0 Å². The molecule has 0 spiro atoms. The molecule has 1 saturated carbocycles. The summed E-state index contributed by atoms with van der Waals surface area (Å²) in [6, 6.07) is 7.57. The molecule has 3 heterocycles. The van der Waals surface area contributed by atoms with Crippen molar-refractivity contribution in [2.75, 3.05) is 30.4 Å². The van der Waals surface area contributed by atoms with Crippen LogP contribution in [0.25, 0.3) is 11.1 Å². The largest absolute Gasteiger partial charge is 0.388 e. The van der Waals surface area contributed by atoms with Crippen molar-refractivity contribution in [1.29, 1.82) is 0 Å². The number of anilines is 2. The van der Waals surface area contributed by atoms with E-state index in [4.69, 9.17) is 15.7 Å². The highest BCUT2D eigenvalue weighted by molar-refractivity contribution is 5.88. The minimum absolute atomic E-state index is 0.245. The zero-order valence-corrected chi connectivity index (χ0v) is 18.4. The van der Waals surface area contributed by atoms with Gasteiger partial charge in [-0.3, -0.25) is 4.98 Å². The molecule has 6 rings (SSSR count). The van der Waals surface area contributed by atoms with Crippen LogP contribution in [-0.2, 0) is 12.8 Å². The maximum absolute atomic E-state index is 14.5. The van der Waals surface area contributed by atoms with Gasteiger partial charge < -0.3 is 16.0 Å². The van der Waals surface area contributed by atoms with Gasteiger partial charge in [0.05, 0.1) is 5.69 Å². The Morgan fingerprint density at radius 3 is 2.81 bits per heavy atom. The number of nitrogens with two attached hydrogens (primary N) is 1. The Hall–Kier alpha value is -3.06. The Morgan fingerprint density at radius 2 is 2.09 bits per heavy atom. The number of nitrogens with zero attached hydrogens (tertiary/aromatic N) is 4. The summed E-state index contributed by atoms with van der Waals surface area (Å²) in [5.74, 6) is 2.61. The average Bonchev–Trinajstić information content (AvgIpc) is 3.31. The van der Waals surface area contributed by atoms with Crippen molar-refractivity contribution in [3.05, 3.63) is 64.6 Å². The van der Waals surface area contributed by atoms with Crippen LogP contribution in [0.3, 0.4) is 0 Å². The van der Waals surface area contributed by atoms with Crippen molar-refractivity contribution in [2.24, 2.45) is 17.6 Å². The first-order valence-corrected chi connectivity index (χ1v) is 11.3. The first-order valence-electron chi connectivity index (χ1n) is 11.3. The molecule has 3 aliphatic rings. The lowest BCUT2D eigenvalue weighted by Gasteiger charge is -2.36. The number of nitrogens with one attached hydrogen (secondary N) is 1. The molecular weight excluding hydrogens is 403 g/mol. The third kappa shape index (κ3) is 3.06.